The second-order valence-corrected chi connectivity index (χ2v) is 9.48. The lowest BCUT2D eigenvalue weighted by atomic mass is 9.81. The zero-order valence-corrected chi connectivity index (χ0v) is 17.7. The summed E-state index contributed by atoms with van der Waals surface area (Å²) in [6.07, 6.45) is 4.26. The van der Waals surface area contributed by atoms with E-state index in [1.54, 1.807) is 11.6 Å². The van der Waals surface area contributed by atoms with E-state index in [9.17, 15) is 9.59 Å². The number of amides is 1. The molecule has 0 bridgehead atoms. The van der Waals surface area contributed by atoms with E-state index in [1.807, 2.05) is 24.8 Å². The molecule has 1 aliphatic heterocycles. The summed E-state index contributed by atoms with van der Waals surface area (Å²) in [7, 11) is 1.73. The number of hydrogen-bond acceptors (Lipinski definition) is 3. The molecule has 2 aromatic rings. The Kier molecular flexibility index (Phi) is 4.28. The minimum absolute atomic E-state index is 0.0494. The number of likely N-dealkylation sites (tertiary alicyclic amines) is 1. The van der Waals surface area contributed by atoms with E-state index in [1.165, 1.54) is 5.56 Å². The Morgan fingerprint density at radius 1 is 1.21 bits per heavy atom. The van der Waals surface area contributed by atoms with Crippen LogP contribution in [-0.2, 0) is 19.0 Å². The third-order valence-corrected chi connectivity index (χ3v) is 6.45. The van der Waals surface area contributed by atoms with Crippen molar-refractivity contribution < 1.29 is 4.79 Å². The van der Waals surface area contributed by atoms with Crippen LogP contribution in [0.2, 0.25) is 0 Å². The molecule has 1 saturated heterocycles. The van der Waals surface area contributed by atoms with Gasteiger partial charge in [-0.3, -0.25) is 14.3 Å². The monoisotopic (exact) mass is 382 g/mol. The number of aryl methyl sites for hydroxylation is 3. The highest BCUT2D eigenvalue weighted by molar-refractivity contribution is 5.95. The molecule has 1 aliphatic carbocycles. The molecule has 3 heterocycles. The zero-order chi connectivity index (χ0) is 20.4. The average molecular weight is 383 g/mol. The van der Waals surface area contributed by atoms with Gasteiger partial charge in [0, 0.05) is 37.9 Å². The van der Waals surface area contributed by atoms with Crippen molar-refractivity contribution in [2.75, 3.05) is 13.1 Å². The molecule has 150 valence electrons. The second kappa shape index (κ2) is 6.33. The Hall–Kier alpha value is -2.37. The standard InChI is InChI=1S/C22H30N4O2/c1-13-9-14(2)24(6)20(27)18(13)21(28)25-10-15-7-8-16-11-26(22(3,4)5)23-19(16)17(15)12-25/h9,11,15,17H,7-8,10,12H2,1-6H3/t15-,17+/m1/s1. The molecule has 6 nitrogen and oxygen atoms in total. The van der Waals surface area contributed by atoms with Gasteiger partial charge in [-0.25, -0.2) is 0 Å². The first-order chi connectivity index (χ1) is 13.1. The highest BCUT2D eigenvalue weighted by Gasteiger charge is 2.42. The smallest absolute Gasteiger partial charge is 0.263 e. The third kappa shape index (κ3) is 2.90. The largest absolute Gasteiger partial charge is 0.337 e. The molecule has 1 fully saturated rings. The number of aromatic nitrogens is 3. The van der Waals surface area contributed by atoms with Crippen molar-refractivity contribution in [3.63, 3.8) is 0 Å². The van der Waals surface area contributed by atoms with Crippen molar-refractivity contribution in [3.8, 4) is 0 Å². The summed E-state index contributed by atoms with van der Waals surface area (Å²) in [5, 5.41) is 4.90. The average Bonchev–Trinajstić information content (AvgIpc) is 3.22. The van der Waals surface area contributed by atoms with Gasteiger partial charge in [0.05, 0.1) is 11.2 Å². The van der Waals surface area contributed by atoms with Gasteiger partial charge < -0.3 is 9.47 Å². The molecule has 0 spiro atoms. The first-order valence-electron chi connectivity index (χ1n) is 10.1. The lowest BCUT2D eigenvalue weighted by Crippen LogP contribution is -2.36. The maximum Gasteiger partial charge on any atom is 0.263 e. The SMILES string of the molecule is Cc1cc(C)n(C)c(=O)c1C(=O)N1C[C@H]2CCc3cn(C(C)(C)C)nc3[C@H]2C1. The van der Waals surface area contributed by atoms with Crippen molar-refractivity contribution in [1.82, 2.24) is 19.2 Å². The maximum absolute atomic E-state index is 13.3. The quantitative estimate of drug-likeness (QED) is 0.762. The Morgan fingerprint density at radius 3 is 2.61 bits per heavy atom. The molecule has 0 saturated carbocycles. The molecule has 6 heteroatoms. The zero-order valence-electron chi connectivity index (χ0n) is 17.7. The summed E-state index contributed by atoms with van der Waals surface area (Å²) in [6, 6.07) is 1.92. The summed E-state index contributed by atoms with van der Waals surface area (Å²) in [5.41, 5.74) is 4.15. The van der Waals surface area contributed by atoms with E-state index < -0.39 is 0 Å². The molecule has 0 aromatic carbocycles. The van der Waals surface area contributed by atoms with Crippen LogP contribution in [0.4, 0.5) is 0 Å². The minimum atomic E-state index is -0.199. The van der Waals surface area contributed by atoms with Gasteiger partial charge in [0.25, 0.3) is 11.5 Å². The van der Waals surface area contributed by atoms with Crippen molar-refractivity contribution in [2.24, 2.45) is 13.0 Å². The lowest BCUT2D eigenvalue weighted by molar-refractivity contribution is 0.0782. The number of pyridine rings is 1. The molecular formula is C22H30N4O2. The summed E-state index contributed by atoms with van der Waals surface area (Å²) in [5.74, 6) is 0.560. The molecule has 0 N–H and O–H groups in total. The van der Waals surface area contributed by atoms with Gasteiger partial charge in [-0.1, -0.05) is 0 Å². The molecule has 2 aromatic heterocycles. The van der Waals surface area contributed by atoms with Crippen LogP contribution in [0.3, 0.4) is 0 Å². The van der Waals surface area contributed by atoms with Crippen molar-refractivity contribution in [2.45, 2.75) is 58.9 Å². The molecule has 2 aliphatic rings. The minimum Gasteiger partial charge on any atom is -0.337 e. The first-order valence-corrected chi connectivity index (χ1v) is 10.1. The first kappa shape index (κ1) is 19.0. The van der Waals surface area contributed by atoms with Crippen molar-refractivity contribution in [3.05, 3.63) is 50.7 Å². The fourth-order valence-electron chi connectivity index (χ4n) is 4.65. The number of fused-ring (bicyclic) bond motifs is 3. The number of rotatable bonds is 1. The molecule has 0 radical (unpaired) electrons. The number of carbonyl (C=O) groups is 1. The second-order valence-electron chi connectivity index (χ2n) is 9.48. The predicted octanol–water partition coefficient (Wildman–Crippen LogP) is 2.76. The van der Waals surface area contributed by atoms with Gasteiger partial charge in [0.15, 0.2) is 0 Å². The Labute approximate surface area is 166 Å². The van der Waals surface area contributed by atoms with Crippen LogP contribution in [0.15, 0.2) is 17.1 Å². The fourth-order valence-corrected chi connectivity index (χ4v) is 4.65. The van der Waals surface area contributed by atoms with E-state index in [0.29, 0.717) is 24.6 Å². The van der Waals surface area contributed by atoms with Crippen LogP contribution < -0.4 is 5.56 Å². The summed E-state index contributed by atoms with van der Waals surface area (Å²) in [6.45, 7) is 11.6. The van der Waals surface area contributed by atoms with Gasteiger partial charge in [-0.15, -0.1) is 0 Å². The van der Waals surface area contributed by atoms with Crippen LogP contribution in [0.1, 0.15) is 66.0 Å². The van der Waals surface area contributed by atoms with Crippen LogP contribution >= 0.6 is 0 Å². The topological polar surface area (TPSA) is 60.1 Å². The van der Waals surface area contributed by atoms with Crippen LogP contribution in [0.25, 0.3) is 0 Å². The molecule has 4 rings (SSSR count). The summed E-state index contributed by atoms with van der Waals surface area (Å²) < 4.78 is 3.62. The van der Waals surface area contributed by atoms with Crippen LogP contribution in [-0.4, -0.2) is 38.2 Å². The number of nitrogens with zero attached hydrogens (tertiary/aromatic N) is 4. The summed E-state index contributed by atoms with van der Waals surface area (Å²) in [4.78, 5) is 27.9. The van der Waals surface area contributed by atoms with E-state index in [4.69, 9.17) is 5.10 Å². The molecule has 1 amide bonds. The van der Waals surface area contributed by atoms with Gasteiger partial charge in [0.2, 0.25) is 0 Å². The van der Waals surface area contributed by atoms with Crippen molar-refractivity contribution in [1.29, 1.82) is 0 Å². The molecule has 28 heavy (non-hydrogen) atoms. The summed E-state index contributed by atoms with van der Waals surface area (Å²) >= 11 is 0. The van der Waals surface area contributed by atoms with E-state index in [2.05, 4.69) is 31.6 Å². The lowest BCUT2D eigenvalue weighted by Gasteiger charge is -2.22. The fraction of sp³-hybridized carbons (Fsp3) is 0.591. The predicted molar refractivity (Wildman–Crippen MR) is 109 cm³/mol. The number of carbonyl (C=O) groups excluding carboxylic acids is 1. The maximum atomic E-state index is 13.3. The Bertz CT molecular complexity index is 1010. The molecule has 2 atom stereocenters. The third-order valence-electron chi connectivity index (χ3n) is 6.45. The van der Waals surface area contributed by atoms with Crippen LogP contribution in [0, 0.1) is 19.8 Å². The molecule has 0 unspecified atom stereocenters. The Balaban J connectivity index is 1.65. The van der Waals surface area contributed by atoms with Gasteiger partial charge in [-0.2, -0.15) is 5.10 Å². The Morgan fingerprint density at radius 2 is 1.93 bits per heavy atom. The van der Waals surface area contributed by atoms with Gasteiger partial charge in [-0.05, 0) is 70.6 Å². The normalized spacial score (nSPS) is 21.6. The van der Waals surface area contributed by atoms with E-state index in [-0.39, 0.29) is 22.9 Å². The highest BCUT2D eigenvalue weighted by Crippen LogP contribution is 2.41. The highest BCUT2D eigenvalue weighted by atomic mass is 16.2. The van der Waals surface area contributed by atoms with Crippen molar-refractivity contribution >= 4 is 5.91 Å². The van der Waals surface area contributed by atoms with Crippen LogP contribution in [0.5, 0.6) is 0 Å². The van der Waals surface area contributed by atoms with E-state index in [0.717, 1.165) is 29.8 Å². The van der Waals surface area contributed by atoms with Gasteiger partial charge in [0.1, 0.15) is 5.56 Å². The van der Waals surface area contributed by atoms with Gasteiger partial charge >= 0.3 is 0 Å². The number of hydrogen-bond donors (Lipinski definition) is 0. The molecular weight excluding hydrogens is 352 g/mol. The van der Waals surface area contributed by atoms with E-state index >= 15 is 0 Å².